The van der Waals surface area contributed by atoms with Crippen molar-refractivity contribution in [1.82, 2.24) is 9.80 Å². The van der Waals surface area contributed by atoms with E-state index in [2.05, 4.69) is 22.5 Å². The van der Waals surface area contributed by atoms with Gasteiger partial charge in [-0.15, -0.1) is 6.58 Å². The summed E-state index contributed by atoms with van der Waals surface area (Å²) in [6.45, 7) is 6.90. The smallest absolute Gasteiger partial charge is 0.312 e. The number of carbonyl (C=O) groups is 3. The van der Waals surface area contributed by atoms with Crippen molar-refractivity contribution >= 4 is 33.7 Å². The number of hydrogen-bond acceptors (Lipinski definition) is 6. The Morgan fingerprint density at radius 2 is 1.97 bits per heavy atom. The minimum absolute atomic E-state index is 0.0853. The molecule has 1 N–H and O–H groups in total. The quantitative estimate of drug-likeness (QED) is 0.168. The van der Waals surface area contributed by atoms with Crippen LogP contribution < -0.4 is 0 Å². The number of hydrogen-bond donors (Lipinski definition) is 1. The second-order valence-electron chi connectivity index (χ2n) is 10.7. The molecule has 4 fully saturated rings. The number of carbonyl (C=O) groups excluding carboxylic acids is 3. The Morgan fingerprint density at radius 3 is 2.64 bits per heavy atom. The van der Waals surface area contributed by atoms with E-state index in [1.54, 1.807) is 17.9 Å². The summed E-state index contributed by atoms with van der Waals surface area (Å²) in [5.41, 5.74) is -1.04. The van der Waals surface area contributed by atoms with E-state index in [1.807, 2.05) is 4.90 Å². The van der Waals surface area contributed by atoms with E-state index in [9.17, 15) is 14.4 Å². The maximum absolute atomic E-state index is 14.4. The van der Waals surface area contributed by atoms with Crippen molar-refractivity contribution in [2.45, 2.75) is 99.7 Å². The molecule has 4 rings (SSSR count). The maximum atomic E-state index is 14.4. The van der Waals surface area contributed by atoms with Gasteiger partial charge in [-0.1, -0.05) is 54.1 Å². The van der Waals surface area contributed by atoms with Crippen LogP contribution in [0.3, 0.4) is 0 Å². The van der Waals surface area contributed by atoms with Crippen LogP contribution in [0.4, 0.5) is 0 Å². The molecule has 0 aromatic rings. The van der Waals surface area contributed by atoms with E-state index < -0.39 is 35.6 Å². The highest BCUT2D eigenvalue weighted by atomic mass is 79.9. The second kappa shape index (κ2) is 11.9. The molecule has 0 radical (unpaired) electrons. The lowest BCUT2D eigenvalue weighted by Crippen LogP contribution is -2.58. The van der Waals surface area contributed by atoms with E-state index in [0.29, 0.717) is 19.5 Å². The van der Waals surface area contributed by atoms with Crippen molar-refractivity contribution < 1.29 is 29.0 Å². The number of aliphatic hydroxyl groups is 1. The summed E-state index contributed by atoms with van der Waals surface area (Å²) in [6.07, 6.45) is 10.2. The number of esters is 1. The zero-order valence-corrected chi connectivity index (χ0v) is 23.0. The van der Waals surface area contributed by atoms with Gasteiger partial charge >= 0.3 is 5.97 Å². The van der Waals surface area contributed by atoms with Crippen LogP contribution in [0.2, 0.25) is 0 Å². The van der Waals surface area contributed by atoms with Crippen LogP contribution in [-0.4, -0.2) is 87.6 Å². The molecule has 8 nitrogen and oxygen atoms in total. The predicted octanol–water partition coefficient (Wildman–Crippen LogP) is 3.20. The Hall–Kier alpha value is -1.45. The molecule has 3 heterocycles. The molecule has 0 aromatic carbocycles. The minimum atomic E-state index is -1.04. The first kappa shape index (κ1) is 27.6. The highest BCUT2D eigenvalue weighted by Crippen LogP contribution is 2.60. The van der Waals surface area contributed by atoms with Crippen LogP contribution in [0, 0.1) is 11.8 Å². The van der Waals surface area contributed by atoms with Crippen molar-refractivity contribution in [1.29, 1.82) is 0 Å². The Kier molecular flexibility index (Phi) is 9.15. The Morgan fingerprint density at radius 1 is 1.25 bits per heavy atom. The fourth-order valence-electron chi connectivity index (χ4n) is 7.01. The number of amides is 2. The molecule has 1 aliphatic carbocycles. The molecule has 2 bridgehead atoms. The molecule has 202 valence electrons. The average molecular weight is 570 g/mol. The highest BCUT2D eigenvalue weighted by molar-refractivity contribution is 9.09. The lowest BCUT2D eigenvalue weighted by atomic mass is 9.70. The standard InChI is InChI=1S/C27H41BrN2O6/c1-3-14-29(18-12-8-7-9-13-18)25(33)23-27-17-19(28)22(36-27)20(26(34)35-4-2)21(27)24(32)30(23)15-10-5-6-11-16-31/h3,18-23,31H,1,4-17H2,2H3/t19?,20-,21+,22-,23-,27+/m1/s1. The number of nitrogens with zero attached hydrogens (tertiary/aromatic N) is 2. The van der Waals surface area contributed by atoms with E-state index >= 15 is 0 Å². The van der Waals surface area contributed by atoms with E-state index in [-0.39, 0.29) is 35.9 Å². The fourth-order valence-corrected chi connectivity index (χ4v) is 7.96. The number of ether oxygens (including phenoxy) is 2. The first-order valence-corrected chi connectivity index (χ1v) is 14.6. The van der Waals surface area contributed by atoms with E-state index in [0.717, 1.165) is 51.4 Å². The van der Waals surface area contributed by atoms with Gasteiger partial charge < -0.3 is 24.4 Å². The number of unbranched alkanes of at least 4 members (excludes halogenated alkanes) is 3. The largest absolute Gasteiger partial charge is 0.466 e. The van der Waals surface area contributed by atoms with E-state index in [4.69, 9.17) is 14.6 Å². The maximum Gasteiger partial charge on any atom is 0.312 e. The molecule has 9 heteroatoms. The van der Waals surface area contributed by atoms with Crippen LogP contribution in [0.15, 0.2) is 12.7 Å². The third kappa shape index (κ3) is 4.87. The van der Waals surface area contributed by atoms with Crippen LogP contribution in [0.1, 0.15) is 71.1 Å². The molecule has 6 atom stereocenters. The SMILES string of the molecule is C=CCN(C(=O)[C@H]1N(CCCCCCO)C(=O)[C@@H]2[C@@H](C(=O)OCC)[C@@H]3O[C@@]21CC3Br)C1CCCCC1. The molecule has 4 aliphatic rings. The van der Waals surface area contributed by atoms with Gasteiger partial charge in [0, 0.05) is 30.6 Å². The molecule has 36 heavy (non-hydrogen) atoms. The number of fused-ring (bicyclic) bond motifs is 1. The molecule has 1 spiro atoms. The summed E-state index contributed by atoms with van der Waals surface area (Å²) >= 11 is 3.70. The van der Waals surface area contributed by atoms with Gasteiger partial charge in [0.05, 0.1) is 24.5 Å². The van der Waals surface area contributed by atoms with Gasteiger partial charge in [0.2, 0.25) is 11.8 Å². The Balaban J connectivity index is 1.67. The van der Waals surface area contributed by atoms with Crippen molar-refractivity contribution in [2.75, 3.05) is 26.3 Å². The summed E-state index contributed by atoms with van der Waals surface area (Å²) in [5.74, 6) is -2.10. The summed E-state index contributed by atoms with van der Waals surface area (Å²) in [6, 6.07) is -0.639. The lowest BCUT2D eigenvalue weighted by molar-refractivity contribution is -0.155. The van der Waals surface area contributed by atoms with Crippen molar-refractivity contribution in [3.05, 3.63) is 12.7 Å². The van der Waals surface area contributed by atoms with Crippen LogP contribution in [0.25, 0.3) is 0 Å². The summed E-state index contributed by atoms with van der Waals surface area (Å²) < 4.78 is 11.9. The number of alkyl halides is 1. The highest BCUT2D eigenvalue weighted by Gasteiger charge is 2.77. The van der Waals surface area contributed by atoms with Crippen molar-refractivity contribution in [2.24, 2.45) is 11.8 Å². The van der Waals surface area contributed by atoms with Gasteiger partial charge in [-0.05, 0) is 39.0 Å². The van der Waals surface area contributed by atoms with E-state index in [1.165, 1.54) is 6.42 Å². The zero-order valence-electron chi connectivity index (χ0n) is 21.4. The minimum Gasteiger partial charge on any atom is -0.466 e. The van der Waals surface area contributed by atoms with Crippen molar-refractivity contribution in [3.63, 3.8) is 0 Å². The molecule has 3 aliphatic heterocycles. The van der Waals surface area contributed by atoms with Gasteiger partial charge in [0.15, 0.2) is 0 Å². The van der Waals surface area contributed by atoms with Gasteiger partial charge in [-0.3, -0.25) is 14.4 Å². The van der Waals surface area contributed by atoms with Gasteiger partial charge in [-0.2, -0.15) is 0 Å². The Labute approximate surface area is 222 Å². The molecule has 3 saturated heterocycles. The van der Waals surface area contributed by atoms with Crippen LogP contribution in [0.5, 0.6) is 0 Å². The topological polar surface area (TPSA) is 96.4 Å². The van der Waals surface area contributed by atoms with Crippen LogP contribution >= 0.6 is 15.9 Å². The van der Waals surface area contributed by atoms with Gasteiger partial charge in [-0.25, -0.2) is 0 Å². The Bertz CT molecular complexity index is 833. The third-order valence-electron chi connectivity index (χ3n) is 8.51. The molecule has 0 aromatic heterocycles. The van der Waals surface area contributed by atoms with Crippen LogP contribution in [-0.2, 0) is 23.9 Å². The van der Waals surface area contributed by atoms with Crippen molar-refractivity contribution in [3.8, 4) is 0 Å². The molecule has 2 amide bonds. The molecular formula is C27H41BrN2O6. The molecule has 1 unspecified atom stereocenters. The average Bonchev–Trinajstić information content (AvgIpc) is 3.46. The molecular weight excluding hydrogens is 528 g/mol. The number of likely N-dealkylation sites (tertiary alicyclic amines) is 1. The second-order valence-corrected chi connectivity index (χ2v) is 11.8. The third-order valence-corrected chi connectivity index (χ3v) is 9.36. The number of halogens is 1. The number of aliphatic hydroxyl groups excluding tert-OH is 1. The first-order valence-electron chi connectivity index (χ1n) is 13.7. The monoisotopic (exact) mass is 568 g/mol. The summed E-state index contributed by atoms with van der Waals surface area (Å²) in [5, 5.41) is 9.11. The number of rotatable bonds is 12. The fraction of sp³-hybridized carbons (Fsp3) is 0.815. The lowest BCUT2D eigenvalue weighted by Gasteiger charge is -2.41. The van der Waals surface area contributed by atoms with Gasteiger partial charge in [0.1, 0.15) is 11.6 Å². The predicted molar refractivity (Wildman–Crippen MR) is 138 cm³/mol. The molecule has 1 saturated carbocycles. The van der Waals surface area contributed by atoms with Gasteiger partial charge in [0.25, 0.3) is 0 Å². The normalized spacial score (nSPS) is 33.6. The first-order chi connectivity index (χ1) is 17.4. The summed E-state index contributed by atoms with van der Waals surface area (Å²) in [7, 11) is 0. The summed E-state index contributed by atoms with van der Waals surface area (Å²) in [4.78, 5) is 44.9. The zero-order chi connectivity index (χ0) is 25.9.